The van der Waals surface area contributed by atoms with Gasteiger partial charge in [0.25, 0.3) is 0 Å². The van der Waals surface area contributed by atoms with Crippen LogP contribution in [-0.4, -0.2) is 10.8 Å². The van der Waals surface area contributed by atoms with Crippen LogP contribution >= 0.6 is 22.7 Å². The highest BCUT2D eigenvalue weighted by Crippen LogP contribution is 2.23. The zero-order chi connectivity index (χ0) is 11.0. The zero-order valence-electron chi connectivity index (χ0n) is 8.83. The fourth-order valence-electron chi connectivity index (χ4n) is 1.34. The predicted octanol–water partition coefficient (Wildman–Crippen LogP) is 3.36. The maximum atomic E-state index is 12.0. The third-order valence-electron chi connectivity index (χ3n) is 2.38. The normalized spacial score (nSPS) is 10.6. The lowest BCUT2D eigenvalue weighted by molar-refractivity contribution is 0.103. The van der Waals surface area contributed by atoms with E-state index in [1.807, 2.05) is 31.5 Å². The molecule has 0 N–H and O–H groups in total. The molecule has 0 fully saturated rings. The molecule has 2 rings (SSSR count). The summed E-state index contributed by atoms with van der Waals surface area (Å²) < 4.78 is 0. The van der Waals surface area contributed by atoms with Crippen molar-refractivity contribution in [3.8, 4) is 0 Å². The predicted molar refractivity (Wildman–Crippen MR) is 64.1 cm³/mol. The number of aryl methyl sites for hydroxylation is 2. The molecule has 0 unspecified atom stereocenters. The van der Waals surface area contributed by atoms with Crippen molar-refractivity contribution in [1.29, 1.82) is 0 Å². The average Bonchev–Trinajstić information content (AvgIpc) is 2.75. The second-order valence-corrected chi connectivity index (χ2v) is 5.56. The summed E-state index contributed by atoms with van der Waals surface area (Å²) >= 11 is 3.13. The fourth-order valence-corrected chi connectivity index (χ4v) is 2.80. The van der Waals surface area contributed by atoms with E-state index in [-0.39, 0.29) is 5.78 Å². The molecule has 2 aromatic rings. The third kappa shape index (κ3) is 1.87. The molecule has 0 aliphatic carbocycles. The molecule has 0 radical (unpaired) electrons. The second-order valence-electron chi connectivity index (χ2n) is 3.41. The maximum Gasteiger partial charge on any atom is 0.213 e. The maximum absolute atomic E-state index is 12.0. The summed E-state index contributed by atoms with van der Waals surface area (Å²) in [5.41, 5.74) is 2.44. The smallest absolute Gasteiger partial charge is 0.213 e. The van der Waals surface area contributed by atoms with Crippen molar-refractivity contribution < 1.29 is 4.79 Å². The van der Waals surface area contributed by atoms with Gasteiger partial charge in [-0.1, -0.05) is 0 Å². The SMILES string of the molecule is Cc1nc(C(=O)c2csc(C)c2C)cs1. The lowest BCUT2D eigenvalue weighted by atomic mass is 10.1. The van der Waals surface area contributed by atoms with Crippen LogP contribution in [0.3, 0.4) is 0 Å². The Labute approximate surface area is 96.6 Å². The van der Waals surface area contributed by atoms with E-state index in [2.05, 4.69) is 4.98 Å². The monoisotopic (exact) mass is 237 g/mol. The molecule has 78 valence electrons. The summed E-state index contributed by atoms with van der Waals surface area (Å²) in [6, 6.07) is 0. The van der Waals surface area contributed by atoms with Gasteiger partial charge >= 0.3 is 0 Å². The summed E-state index contributed by atoms with van der Waals surface area (Å²) in [4.78, 5) is 17.5. The molecule has 0 aromatic carbocycles. The lowest BCUT2D eigenvalue weighted by Gasteiger charge is -1.96. The van der Waals surface area contributed by atoms with Gasteiger partial charge < -0.3 is 0 Å². The molecule has 2 nitrogen and oxygen atoms in total. The van der Waals surface area contributed by atoms with E-state index in [1.165, 1.54) is 16.2 Å². The standard InChI is InChI=1S/C11H11NOS2/c1-6-7(2)14-4-9(6)11(13)10-5-15-8(3)12-10/h4-5H,1-3H3. The van der Waals surface area contributed by atoms with E-state index >= 15 is 0 Å². The van der Waals surface area contributed by atoms with Gasteiger partial charge in [-0.15, -0.1) is 22.7 Å². The van der Waals surface area contributed by atoms with Crippen molar-refractivity contribution >= 4 is 28.5 Å². The molecule has 15 heavy (non-hydrogen) atoms. The molecular formula is C11H11NOS2. The van der Waals surface area contributed by atoms with Gasteiger partial charge in [-0.05, 0) is 26.3 Å². The number of carbonyl (C=O) groups is 1. The summed E-state index contributed by atoms with van der Waals surface area (Å²) in [5, 5.41) is 4.68. The van der Waals surface area contributed by atoms with Gasteiger partial charge in [-0.25, -0.2) is 4.98 Å². The lowest BCUT2D eigenvalue weighted by Crippen LogP contribution is -2.02. The first-order valence-corrected chi connectivity index (χ1v) is 6.37. The minimum Gasteiger partial charge on any atom is -0.287 e. The molecule has 0 amide bonds. The quantitative estimate of drug-likeness (QED) is 0.750. The number of thiophene rings is 1. The first-order chi connectivity index (χ1) is 7.09. The number of hydrogen-bond acceptors (Lipinski definition) is 4. The zero-order valence-corrected chi connectivity index (χ0v) is 10.5. The number of ketones is 1. The Morgan fingerprint density at radius 3 is 2.40 bits per heavy atom. The van der Waals surface area contributed by atoms with Crippen LogP contribution in [0.2, 0.25) is 0 Å². The van der Waals surface area contributed by atoms with Crippen LogP contribution in [0.4, 0.5) is 0 Å². The fraction of sp³-hybridized carbons (Fsp3) is 0.273. The number of carbonyl (C=O) groups excluding carboxylic acids is 1. The third-order valence-corrected chi connectivity index (χ3v) is 4.17. The van der Waals surface area contributed by atoms with Crippen molar-refractivity contribution in [2.45, 2.75) is 20.8 Å². The Morgan fingerprint density at radius 2 is 1.93 bits per heavy atom. The van der Waals surface area contributed by atoms with E-state index in [0.29, 0.717) is 5.69 Å². The molecule has 0 saturated heterocycles. The minimum absolute atomic E-state index is 0.0428. The van der Waals surface area contributed by atoms with Gasteiger partial charge in [0, 0.05) is 21.2 Å². The van der Waals surface area contributed by atoms with Crippen LogP contribution in [0.15, 0.2) is 10.8 Å². The van der Waals surface area contributed by atoms with Crippen molar-refractivity contribution in [2.75, 3.05) is 0 Å². The van der Waals surface area contributed by atoms with E-state index in [4.69, 9.17) is 0 Å². The highest BCUT2D eigenvalue weighted by Gasteiger charge is 2.16. The van der Waals surface area contributed by atoms with Crippen molar-refractivity contribution in [2.24, 2.45) is 0 Å². The van der Waals surface area contributed by atoms with Gasteiger partial charge in [0.05, 0.1) is 5.01 Å². The molecule has 4 heteroatoms. The van der Waals surface area contributed by atoms with Crippen LogP contribution in [0.1, 0.15) is 31.5 Å². The molecule has 2 heterocycles. The number of hydrogen-bond donors (Lipinski definition) is 0. The summed E-state index contributed by atoms with van der Waals surface area (Å²) in [6.07, 6.45) is 0. The topological polar surface area (TPSA) is 30.0 Å². The average molecular weight is 237 g/mol. The molecule has 0 aliphatic heterocycles. The van der Waals surface area contributed by atoms with E-state index < -0.39 is 0 Å². The Hall–Kier alpha value is -1.00. The highest BCUT2D eigenvalue weighted by molar-refractivity contribution is 7.10. The number of aromatic nitrogens is 1. The van der Waals surface area contributed by atoms with E-state index in [0.717, 1.165) is 16.1 Å². The van der Waals surface area contributed by atoms with Gasteiger partial charge in [0.1, 0.15) is 5.69 Å². The first-order valence-electron chi connectivity index (χ1n) is 4.61. The van der Waals surface area contributed by atoms with Gasteiger partial charge in [-0.3, -0.25) is 4.79 Å². The summed E-state index contributed by atoms with van der Waals surface area (Å²) in [7, 11) is 0. The van der Waals surface area contributed by atoms with Crippen LogP contribution in [0.5, 0.6) is 0 Å². The second kappa shape index (κ2) is 3.87. The summed E-state index contributed by atoms with van der Waals surface area (Å²) in [5.74, 6) is 0.0428. The summed E-state index contributed by atoms with van der Waals surface area (Å²) in [6.45, 7) is 5.93. The Kier molecular flexibility index (Phi) is 2.71. The van der Waals surface area contributed by atoms with Gasteiger partial charge in [-0.2, -0.15) is 0 Å². The van der Waals surface area contributed by atoms with Crippen LogP contribution in [0.25, 0.3) is 0 Å². The van der Waals surface area contributed by atoms with Crippen molar-refractivity contribution in [3.05, 3.63) is 37.5 Å². The van der Waals surface area contributed by atoms with Crippen molar-refractivity contribution in [1.82, 2.24) is 4.98 Å². The van der Waals surface area contributed by atoms with Gasteiger partial charge in [0.15, 0.2) is 0 Å². The number of nitrogens with zero attached hydrogens (tertiary/aromatic N) is 1. The molecule has 0 aliphatic rings. The molecule has 0 atom stereocenters. The largest absolute Gasteiger partial charge is 0.287 e. The Balaban J connectivity index is 2.41. The molecular weight excluding hydrogens is 226 g/mol. The van der Waals surface area contributed by atoms with Crippen molar-refractivity contribution in [3.63, 3.8) is 0 Å². The van der Waals surface area contributed by atoms with Crippen LogP contribution in [-0.2, 0) is 0 Å². The number of rotatable bonds is 2. The number of thiazole rings is 1. The molecule has 0 bridgehead atoms. The van der Waals surface area contributed by atoms with Crippen LogP contribution < -0.4 is 0 Å². The van der Waals surface area contributed by atoms with E-state index in [1.54, 1.807) is 11.3 Å². The van der Waals surface area contributed by atoms with Crippen LogP contribution in [0, 0.1) is 20.8 Å². The molecule has 2 aromatic heterocycles. The van der Waals surface area contributed by atoms with E-state index in [9.17, 15) is 4.79 Å². The van der Waals surface area contributed by atoms with Gasteiger partial charge in [0.2, 0.25) is 5.78 Å². The molecule has 0 saturated carbocycles. The highest BCUT2D eigenvalue weighted by atomic mass is 32.1. The Morgan fingerprint density at radius 1 is 1.20 bits per heavy atom. The molecule has 0 spiro atoms. The Bertz CT molecular complexity index is 510. The first kappa shape index (κ1) is 10.5. The minimum atomic E-state index is 0.0428.